The molecule has 6 heteroatoms. The van der Waals surface area contributed by atoms with E-state index >= 15 is 0 Å². The van der Waals surface area contributed by atoms with Crippen LogP contribution in [0, 0.1) is 11.3 Å². The van der Waals surface area contributed by atoms with Crippen LogP contribution in [0.15, 0.2) is 41.3 Å². The molecular formula is C13H9N5O. The molecule has 0 saturated heterocycles. The maximum atomic E-state index is 11.9. The summed E-state index contributed by atoms with van der Waals surface area (Å²) in [7, 11) is 0. The molecule has 3 aromatic rings. The predicted octanol–water partition coefficient (Wildman–Crippen LogP) is 1.14. The van der Waals surface area contributed by atoms with Crippen molar-refractivity contribution in [2.75, 3.05) is 5.73 Å². The van der Waals surface area contributed by atoms with Crippen molar-refractivity contribution in [3.63, 3.8) is 0 Å². The summed E-state index contributed by atoms with van der Waals surface area (Å²) in [6, 6.07) is 10.5. The molecule has 0 unspecified atom stereocenters. The van der Waals surface area contributed by atoms with Gasteiger partial charge in [0.25, 0.3) is 5.56 Å². The molecule has 6 nitrogen and oxygen atoms in total. The molecule has 0 aliphatic carbocycles. The van der Waals surface area contributed by atoms with Gasteiger partial charge in [-0.25, -0.2) is 9.50 Å². The van der Waals surface area contributed by atoms with Gasteiger partial charge in [-0.2, -0.15) is 5.26 Å². The van der Waals surface area contributed by atoms with Gasteiger partial charge in [0.1, 0.15) is 11.6 Å². The molecule has 0 spiro atoms. The van der Waals surface area contributed by atoms with Crippen LogP contribution in [0.2, 0.25) is 0 Å². The fourth-order valence-electron chi connectivity index (χ4n) is 1.91. The molecule has 0 radical (unpaired) electrons. The van der Waals surface area contributed by atoms with E-state index < -0.39 is 0 Å². The van der Waals surface area contributed by atoms with Crippen LogP contribution in [-0.2, 0) is 0 Å². The van der Waals surface area contributed by atoms with E-state index in [4.69, 9.17) is 11.0 Å². The van der Waals surface area contributed by atoms with Crippen LogP contribution in [0.4, 0.5) is 5.69 Å². The van der Waals surface area contributed by atoms with Gasteiger partial charge in [-0.3, -0.25) is 9.89 Å². The Balaban J connectivity index is 2.32. The fraction of sp³-hybridized carbons (Fsp3) is 0. The summed E-state index contributed by atoms with van der Waals surface area (Å²) in [6.07, 6.45) is 1.45. The highest BCUT2D eigenvalue weighted by molar-refractivity contribution is 5.67. The third kappa shape index (κ3) is 1.73. The lowest BCUT2D eigenvalue weighted by Crippen LogP contribution is -2.14. The number of rotatable bonds is 1. The summed E-state index contributed by atoms with van der Waals surface area (Å²) < 4.78 is 1.23. The quantitative estimate of drug-likeness (QED) is 0.633. The van der Waals surface area contributed by atoms with Crippen LogP contribution in [0.5, 0.6) is 0 Å². The van der Waals surface area contributed by atoms with Crippen molar-refractivity contribution in [1.29, 1.82) is 5.26 Å². The first-order valence-electron chi connectivity index (χ1n) is 5.56. The first-order valence-corrected chi connectivity index (χ1v) is 5.56. The summed E-state index contributed by atoms with van der Waals surface area (Å²) in [6.45, 7) is 0. The van der Waals surface area contributed by atoms with Crippen LogP contribution in [-0.4, -0.2) is 14.6 Å². The molecule has 2 heterocycles. The van der Waals surface area contributed by atoms with E-state index in [0.717, 1.165) is 5.56 Å². The number of nitriles is 1. The summed E-state index contributed by atoms with van der Waals surface area (Å²) in [5.74, 6) is 0. The molecule has 3 rings (SSSR count). The Kier molecular flexibility index (Phi) is 2.32. The average Bonchev–Trinajstić information content (AvgIpc) is 2.82. The molecule has 0 amide bonds. The van der Waals surface area contributed by atoms with E-state index in [1.807, 2.05) is 12.1 Å². The Morgan fingerprint density at radius 2 is 2.21 bits per heavy atom. The van der Waals surface area contributed by atoms with Gasteiger partial charge in [0, 0.05) is 23.5 Å². The largest absolute Gasteiger partial charge is 0.399 e. The molecule has 3 N–H and O–H groups in total. The van der Waals surface area contributed by atoms with Crippen molar-refractivity contribution < 1.29 is 0 Å². The van der Waals surface area contributed by atoms with E-state index in [1.165, 1.54) is 16.8 Å². The van der Waals surface area contributed by atoms with Crippen molar-refractivity contribution in [1.82, 2.24) is 14.6 Å². The zero-order valence-electron chi connectivity index (χ0n) is 9.79. The zero-order chi connectivity index (χ0) is 13.4. The number of benzene rings is 1. The van der Waals surface area contributed by atoms with E-state index in [1.54, 1.807) is 18.2 Å². The van der Waals surface area contributed by atoms with Crippen molar-refractivity contribution in [3.05, 3.63) is 52.4 Å². The minimum atomic E-state index is -0.274. The number of aromatic nitrogens is 3. The molecule has 0 saturated carbocycles. The van der Waals surface area contributed by atoms with Gasteiger partial charge in [0.2, 0.25) is 0 Å². The SMILES string of the molecule is N#Cc1c[nH]n2c(=O)cc(-c3cccc(N)c3)nc12. The Morgan fingerprint density at radius 1 is 1.37 bits per heavy atom. The first kappa shape index (κ1) is 11.0. The maximum Gasteiger partial charge on any atom is 0.273 e. The number of nitrogens with two attached hydrogens (primary N) is 1. The number of H-pyrrole nitrogens is 1. The number of nitrogens with one attached hydrogen (secondary N) is 1. The molecule has 0 aliphatic rings. The summed E-state index contributed by atoms with van der Waals surface area (Å²) >= 11 is 0. The molecule has 92 valence electrons. The number of fused-ring (bicyclic) bond motifs is 1. The van der Waals surface area contributed by atoms with Crippen LogP contribution in [0.1, 0.15) is 5.56 Å². The van der Waals surface area contributed by atoms with Gasteiger partial charge < -0.3 is 5.73 Å². The lowest BCUT2D eigenvalue weighted by atomic mass is 10.1. The molecule has 0 aliphatic heterocycles. The smallest absolute Gasteiger partial charge is 0.273 e. The minimum Gasteiger partial charge on any atom is -0.399 e. The Morgan fingerprint density at radius 3 is 2.95 bits per heavy atom. The van der Waals surface area contributed by atoms with Crippen molar-refractivity contribution in [2.24, 2.45) is 0 Å². The van der Waals surface area contributed by atoms with Gasteiger partial charge in [-0.1, -0.05) is 12.1 Å². The number of anilines is 1. The number of aromatic amines is 1. The van der Waals surface area contributed by atoms with Gasteiger partial charge in [0.15, 0.2) is 5.65 Å². The summed E-state index contributed by atoms with van der Waals surface area (Å²) in [5, 5.41) is 11.7. The standard InChI is InChI=1S/C13H9N5O/c14-6-9-7-16-18-12(19)5-11(17-13(9)18)8-2-1-3-10(15)4-8/h1-5,7,16H,15H2. The monoisotopic (exact) mass is 251 g/mol. The number of nitrogens with zero attached hydrogens (tertiary/aromatic N) is 3. The number of hydrogen-bond donors (Lipinski definition) is 2. The molecule has 0 bridgehead atoms. The van der Waals surface area contributed by atoms with Gasteiger partial charge in [0.05, 0.1) is 5.69 Å². The predicted molar refractivity (Wildman–Crippen MR) is 70.4 cm³/mol. The van der Waals surface area contributed by atoms with Gasteiger partial charge >= 0.3 is 0 Å². The molecule has 1 aromatic carbocycles. The Hall–Kier alpha value is -3.07. The first-order chi connectivity index (χ1) is 9.19. The molecule has 0 atom stereocenters. The second-order valence-corrected chi connectivity index (χ2v) is 4.06. The molecule has 19 heavy (non-hydrogen) atoms. The second kappa shape index (κ2) is 3.99. The zero-order valence-corrected chi connectivity index (χ0v) is 9.79. The highest BCUT2D eigenvalue weighted by Crippen LogP contribution is 2.19. The van der Waals surface area contributed by atoms with Gasteiger partial charge in [-0.15, -0.1) is 0 Å². The van der Waals surface area contributed by atoms with Crippen LogP contribution < -0.4 is 11.3 Å². The topological polar surface area (TPSA) is 100.0 Å². The van der Waals surface area contributed by atoms with E-state index in [9.17, 15) is 4.79 Å². The highest BCUT2D eigenvalue weighted by atomic mass is 16.1. The van der Waals surface area contributed by atoms with Crippen molar-refractivity contribution in [3.8, 4) is 17.3 Å². The third-order valence-electron chi connectivity index (χ3n) is 2.80. The lowest BCUT2D eigenvalue weighted by molar-refractivity contribution is 0.901. The van der Waals surface area contributed by atoms with Crippen LogP contribution in [0.25, 0.3) is 16.9 Å². The minimum absolute atomic E-state index is 0.274. The molecule has 0 fully saturated rings. The van der Waals surface area contributed by atoms with E-state index in [-0.39, 0.29) is 5.56 Å². The van der Waals surface area contributed by atoms with Crippen molar-refractivity contribution >= 4 is 11.3 Å². The van der Waals surface area contributed by atoms with Gasteiger partial charge in [-0.05, 0) is 12.1 Å². The van der Waals surface area contributed by atoms with Crippen LogP contribution >= 0.6 is 0 Å². The summed E-state index contributed by atoms with van der Waals surface area (Å²) in [4.78, 5) is 16.3. The highest BCUT2D eigenvalue weighted by Gasteiger charge is 2.09. The molecule has 2 aromatic heterocycles. The number of nitrogen functional groups attached to an aromatic ring is 1. The normalized spacial score (nSPS) is 10.5. The fourth-order valence-corrected chi connectivity index (χ4v) is 1.91. The third-order valence-corrected chi connectivity index (χ3v) is 2.80. The van der Waals surface area contributed by atoms with Crippen LogP contribution in [0.3, 0.4) is 0 Å². The average molecular weight is 251 g/mol. The lowest BCUT2D eigenvalue weighted by Gasteiger charge is -2.02. The summed E-state index contributed by atoms with van der Waals surface area (Å²) in [5.41, 5.74) is 7.90. The maximum absolute atomic E-state index is 11.9. The molecular weight excluding hydrogens is 242 g/mol. The second-order valence-electron chi connectivity index (χ2n) is 4.06. The Labute approximate surface area is 107 Å². The Bertz CT molecular complexity index is 869. The van der Waals surface area contributed by atoms with E-state index in [0.29, 0.717) is 22.6 Å². The number of hydrogen-bond acceptors (Lipinski definition) is 4. The van der Waals surface area contributed by atoms with E-state index in [2.05, 4.69) is 10.1 Å². The van der Waals surface area contributed by atoms with Crippen molar-refractivity contribution in [2.45, 2.75) is 0 Å².